The molecule has 0 atom stereocenters. The Labute approximate surface area is 171 Å². The summed E-state index contributed by atoms with van der Waals surface area (Å²) in [6.45, 7) is 3.00. The van der Waals surface area contributed by atoms with E-state index in [9.17, 15) is 4.79 Å². The number of halogens is 1. The Balaban J connectivity index is 1.77. The van der Waals surface area contributed by atoms with Crippen molar-refractivity contribution >= 4 is 32.9 Å². The zero-order chi connectivity index (χ0) is 19.5. The van der Waals surface area contributed by atoms with Crippen LogP contribution in [0.3, 0.4) is 0 Å². The molecule has 0 radical (unpaired) electrons. The van der Waals surface area contributed by atoms with Crippen LogP contribution in [-0.4, -0.2) is 14.5 Å². The van der Waals surface area contributed by atoms with Gasteiger partial charge in [0.05, 0.1) is 16.7 Å². The summed E-state index contributed by atoms with van der Waals surface area (Å²) in [6, 6.07) is 21.8. The first-order chi connectivity index (χ1) is 13.6. The summed E-state index contributed by atoms with van der Waals surface area (Å²) in [5.41, 5.74) is 3.52. The van der Waals surface area contributed by atoms with E-state index in [-0.39, 0.29) is 5.56 Å². The highest BCUT2D eigenvalue weighted by atomic mass is 79.9. The summed E-state index contributed by atoms with van der Waals surface area (Å²) in [7, 11) is 0. The smallest absolute Gasteiger partial charge is 0.266 e. The van der Waals surface area contributed by atoms with E-state index >= 15 is 0 Å². The lowest BCUT2D eigenvalue weighted by Gasteiger charge is -2.14. The summed E-state index contributed by atoms with van der Waals surface area (Å²) in [4.78, 5) is 22.1. The molecular weight excluding hydrogens is 416 g/mol. The fraction of sp³-hybridized carbons (Fsp3) is 0.136. The van der Waals surface area contributed by atoms with Gasteiger partial charge in [0, 0.05) is 11.9 Å². The Morgan fingerprint density at radius 2 is 1.61 bits per heavy atom. The van der Waals surface area contributed by atoms with Crippen LogP contribution in [0.15, 0.2) is 76.0 Å². The van der Waals surface area contributed by atoms with Crippen LogP contribution in [0.25, 0.3) is 11.0 Å². The Bertz CT molecular complexity index is 1170. The van der Waals surface area contributed by atoms with E-state index in [0.29, 0.717) is 29.2 Å². The van der Waals surface area contributed by atoms with Gasteiger partial charge in [-0.2, -0.15) is 4.98 Å². The lowest BCUT2D eigenvalue weighted by atomic mass is 10.2. The Morgan fingerprint density at radius 1 is 0.964 bits per heavy atom. The minimum Gasteiger partial charge on any atom is -0.350 e. The predicted molar refractivity (Wildman–Crippen MR) is 116 cm³/mol. The lowest BCUT2D eigenvalue weighted by Crippen LogP contribution is -2.23. The van der Waals surface area contributed by atoms with Crippen molar-refractivity contribution in [3.05, 3.63) is 98.4 Å². The number of benzene rings is 2. The largest absolute Gasteiger partial charge is 0.350 e. The van der Waals surface area contributed by atoms with Gasteiger partial charge >= 0.3 is 0 Å². The van der Waals surface area contributed by atoms with Crippen molar-refractivity contribution in [1.29, 1.82) is 0 Å². The molecule has 0 bridgehead atoms. The number of nitrogens with zero attached hydrogens (tertiary/aromatic N) is 3. The number of aryl methyl sites for hydroxylation is 1. The molecule has 6 heteroatoms. The second-order valence-corrected chi connectivity index (χ2v) is 7.43. The van der Waals surface area contributed by atoms with E-state index in [1.807, 2.05) is 67.6 Å². The molecule has 0 aliphatic carbocycles. The van der Waals surface area contributed by atoms with E-state index in [4.69, 9.17) is 0 Å². The topological polar surface area (TPSA) is 59.8 Å². The summed E-state index contributed by atoms with van der Waals surface area (Å²) in [5, 5.41) is 4.12. The van der Waals surface area contributed by atoms with Crippen LogP contribution in [0.4, 0.5) is 5.95 Å². The number of hydrogen-bond acceptors (Lipinski definition) is 4. The standard InChI is InChI=1S/C22H19BrN4O/c1-15-18-12-19(23)21(28)27(14-17-10-6-3-7-11-17)20(18)26-22(25-15)24-13-16-8-4-2-5-9-16/h2-12H,13-14H2,1H3,(H,24,25,26). The van der Waals surface area contributed by atoms with Gasteiger partial charge in [-0.25, -0.2) is 4.98 Å². The second kappa shape index (κ2) is 7.94. The van der Waals surface area contributed by atoms with E-state index in [0.717, 1.165) is 22.2 Å². The molecule has 0 saturated carbocycles. The normalized spacial score (nSPS) is 10.9. The molecule has 0 unspecified atom stereocenters. The molecule has 0 saturated heterocycles. The zero-order valence-electron chi connectivity index (χ0n) is 15.4. The van der Waals surface area contributed by atoms with E-state index in [1.54, 1.807) is 10.6 Å². The first-order valence-corrected chi connectivity index (χ1v) is 9.80. The predicted octanol–water partition coefficient (Wildman–Crippen LogP) is 4.52. The van der Waals surface area contributed by atoms with Crippen LogP contribution >= 0.6 is 15.9 Å². The Morgan fingerprint density at radius 3 is 2.29 bits per heavy atom. The number of fused-ring (bicyclic) bond motifs is 1. The van der Waals surface area contributed by atoms with Crippen molar-refractivity contribution in [3.8, 4) is 0 Å². The fourth-order valence-corrected chi connectivity index (χ4v) is 3.57. The molecule has 0 fully saturated rings. The minimum atomic E-state index is -0.108. The molecular formula is C22H19BrN4O. The molecule has 140 valence electrons. The highest BCUT2D eigenvalue weighted by Gasteiger charge is 2.13. The van der Waals surface area contributed by atoms with Gasteiger partial charge in [-0.05, 0) is 40.0 Å². The van der Waals surface area contributed by atoms with Gasteiger partial charge in [-0.3, -0.25) is 9.36 Å². The van der Waals surface area contributed by atoms with Crippen LogP contribution in [0.2, 0.25) is 0 Å². The number of nitrogens with one attached hydrogen (secondary N) is 1. The number of aromatic nitrogens is 3. The summed E-state index contributed by atoms with van der Waals surface area (Å²) in [6.07, 6.45) is 0. The maximum absolute atomic E-state index is 12.8. The molecule has 0 aliphatic heterocycles. The van der Waals surface area contributed by atoms with Gasteiger partial charge in [0.15, 0.2) is 0 Å². The molecule has 4 aromatic rings. The number of rotatable bonds is 5. The van der Waals surface area contributed by atoms with Crippen molar-refractivity contribution in [3.63, 3.8) is 0 Å². The summed E-state index contributed by atoms with van der Waals surface area (Å²) < 4.78 is 2.20. The maximum Gasteiger partial charge on any atom is 0.266 e. The van der Waals surface area contributed by atoms with Crippen LogP contribution in [-0.2, 0) is 13.1 Å². The Kier molecular flexibility index (Phi) is 5.21. The monoisotopic (exact) mass is 434 g/mol. The third-order valence-corrected chi connectivity index (χ3v) is 5.14. The quantitative estimate of drug-likeness (QED) is 0.501. The van der Waals surface area contributed by atoms with Crippen molar-refractivity contribution in [1.82, 2.24) is 14.5 Å². The van der Waals surface area contributed by atoms with Gasteiger partial charge in [-0.1, -0.05) is 60.7 Å². The zero-order valence-corrected chi connectivity index (χ0v) is 17.0. The molecule has 0 aliphatic rings. The van der Waals surface area contributed by atoms with E-state index < -0.39 is 0 Å². The third kappa shape index (κ3) is 3.82. The van der Waals surface area contributed by atoms with Crippen molar-refractivity contribution < 1.29 is 0 Å². The number of hydrogen-bond donors (Lipinski definition) is 1. The van der Waals surface area contributed by atoms with Gasteiger partial charge in [0.2, 0.25) is 5.95 Å². The first-order valence-electron chi connectivity index (χ1n) is 9.01. The van der Waals surface area contributed by atoms with Crippen LogP contribution < -0.4 is 10.9 Å². The molecule has 28 heavy (non-hydrogen) atoms. The van der Waals surface area contributed by atoms with Crippen molar-refractivity contribution in [2.45, 2.75) is 20.0 Å². The molecule has 1 N–H and O–H groups in total. The number of anilines is 1. The molecule has 0 spiro atoms. The van der Waals surface area contributed by atoms with Gasteiger partial charge < -0.3 is 5.32 Å². The number of pyridine rings is 1. The minimum absolute atomic E-state index is 0.108. The molecule has 2 heterocycles. The lowest BCUT2D eigenvalue weighted by molar-refractivity contribution is 0.776. The molecule has 4 rings (SSSR count). The highest BCUT2D eigenvalue weighted by Crippen LogP contribution is 2.20. The van der Waals surface area contributed by atoms with Gasteiger partial charge in [-0.15, -0.1) is 0 Å². The molecule has 2 aromatic carbocycles. The van der Waals surface area contributed by atoms with E-state index in [2.05, 4.69) is 31.2 Å². The Hall–Kier alpha value is -2.99. The summed E-state index contributed by atoms with van der Waals surface area (Å²) >= 11 is 3.39. The van der Waals surface area contributed by atoms with E-state index in [1.165, 1.54) is 0 Å². The van der Waals surface area contributed by atoms with Gasteiger partial charge in [0.1, 0.15) is 5.65 Å². The van der Waals surface area contributed by atoms with Crippen LogP contribution in [0.5, 0.6) is 0 Å². The maximum atomic E-state index is 12.8. The highest BCUT2D eigenvalue weighted by molar-refractivity contribution is 9.10. The molecule has 5 nitrogen and oxygen atoms in total. The van der Waals surface area contributed by atoms with Crippen LogP contribution in [0.1, 0.15) is 16.8 Å². The SMILES string of the molecule is Cc1nc(NCc2ccccc2)nc2c1cc(Br)c(=O)n2Cc1ccccc1. The fourth-order valence-electron chi connectivity index (χ4n) is 3.12. The van der Waals surface area contributed by atoms with Gasteiger partial charge in [0.25, 0.3) is 5.56 Å². The van der Waals surface area contributed by atoms with Crippen LogP contribution in [0, 0.1) is 6.92 Å². The second-order valence-electron chi connectivity index (χ2n) is 6.58. The molecule has 2 aromatic heterocycles. The average Bonchev–Trinajstić information content (AvgIpc) is 2.72. The van der Waals surface area contributed by atoms with Crippen molar-refractivity contribution in [2.24, 2.45) is 0 Å². The third-order valence-electron chi connectivity index (χ3n) is 4.57. The molecule has 0 amide bonds. The summed E-state index contributed by atoms with van der Waals surface area (Å²) in [5.74, 6) is 0.511. The average molecular weight is 435 g/mol. The first kappa shape index (κ1) is 18.4. The van der Waals surface area contributed by atoms with Crippen molar-refractivity contribution in [2.75, 3.05) is 5.32 Å².